The van der Waals surface area contributed by atoms with Crippen molar-refractivity contribution in [3.8, 4) is 0 Å². The second-order valence-corrected chi connectivity index (χ2v) is 7.23. The van der Waals surface area contributed by atoms with Gasteiger partial charge in [0.15, 0.2) is 0 Å². The Morgan fingerprint density at radius 3 is 2.77 bits per heavy atom. The predicted octanol–water partition coefficient (Wildman–Crippen LogP) is 4.68. The number of alkyl halides is 2. The Morgan fingerprint density at radius 1 is 1.32 bits per heavy atom. The number of urea groups is 1. The van der Waals surface area contributed by atoms with Crippen LogP contribution in [0.1, 0.15) is 44.6 Å². The molecule has 7 nitrogen and oxygen atoms in total. The lowest BCUT2D eigenvalue weighted by molar-refractivity contribution is -0.0507. The molecule has 2 amide bonds. The molecule has 0 spiro atoms. The molecular formula is C21H26F3N5O2. The number of aliphatic hydroxyl groups excluding tert-OH is 1. The fraction of sp³-hybridized carbons (Fsp3) is 0.476. The predicted molar refractivity (Wildman–Crippen MR) is 111 cm³/mol. The van der Waals surface area contributed by atoms with Crippen molar-refractivity contribution in [1.29, 1.82) is 0 Å². The molecule has 2 aliphatic heterocycles. The van der Waals surface area contributed by atoms with Crippen LogP contribution in [0.25, 0.3) is 4.85 Å². The van der Waals surface area contributed by atoms with Crippen LogP contribution < -0.4 is 5.32 Å². The molecule has 31 heavy (non-hydrogen) atoms. The van der Waals surface area contributed by atoms with Gasteiger partial charge in [-0.1, -0.05) is 14.9 Å². The minimum atomic E-state index is -3.24. The third kappa shape index (κ3) is 4.51. The quantitative estimate of drug-likeness (QED) is 0.636. The number of rotatable bonds is 1. The van der Waals surface area contributed by atoms with Gasteiger partial charge in [-0.3, -0.25) is 4.68 Å². The van der Waals surface area contributed by atoms with Crippen LogP contribution in [0.4, 0.5) is 29.3 Å². The average molecular weight is 437 g/mol. The van der Waals surface area contributed by atoms with Gasteiger partial charge in [0.25, 0.3) is 5.92 Å². The van der Waals surface area contributed by atoms with Gasteiger partial charge in [0.05, 0.1) is 24.9 Å². The Morgan fingerprint density at radius 2 is 2.06 bits per heavy atom. The zero-order valence-corrected chi connectivity index (χ0v) is 15.3. The number of anilines is 1. The number of fused-ring (bicyclic) bond motifs is 3. The molecule has 2 aromatic rings. The number of aryl methyl sites for hydroxylation is 1. The number of carbonyl (C=O) groups is 1. The van der Waals surface area contributed by atoms with Crippen molar-refractivity contribution in [2.24, 2.45) is 0 Å². The van der Waals surface area contributed by atoms with E-state index < -0.39 is 30.3 Å². The van der Waals surface area contributed by atoms with E-state index in [2.05, 4.69) is 15.3 Å². The highest BCUT2D eigenvalue weighted by atomic mass is 19.3. The second-order valence-electron chi connectivity index (χ2n) is 7.23. The van der Waals surface area contributed by atoms with Gasteiger partial charge < -0.3 is 15.3 Å². The first kappa shape index (κ1) is 24.2. The Hall–Kier alpha value is -3.06. The molecule has 0 saturated carbocycles. The third-order valence-corrected chi connectivity index (χ3v) is 5.22. The van der Waals surface area contributed by atoms with E-state index >= 15 is 0 Å². The summed E-state index contributed by atoms with van der Waals surface area (Å²) in [5.74, 6) is -3.93. The number of hydrogen-bond donors (Lipinski definition) is 2. The molecule has 0 unspecified atom stereocenters. The normalized spacial score (nSPS) is 18.9. The fourth-order valence-corrected chi connectivity index (χ4v) is 3.82. The maximum atomic E-state index is 14.7. The maximum Gasteiger partial charge on any atom is 0.322 e. The van der Waals surface area contributed by atoms with Gasteiger partial charge in [0.2, 0.25) is 5.69 Å². The smallest absolute Gasteiger partial charge is 0.322 e. The summed E-state index contributed by atoms with van der Waals surface area (Å²) in [4.78, 5) is 17.0. The van der Waals surface area contributed by atoms with E-state index in [4.69, 9.17) is 6.57 Å². The van der Waals surface area contributed by atoms with E-state index in [0.29, 0.717) is 24.2 Å². The Labute approximate surface area is 179 Å². The van der Waals surface area contributed by atoms with Crippen molar-refractivity contribution in [2.75, 3.05) is 11.9 Å². The van der Waals surface area contributed by atoms with Crippen molar-refractivity contribution >= 4 is 17.4 Å². The largest absolute Gasteiger partial charge is 0.393 e. The van der Waals surface area contributed by atoms with Crippen molar-refractivity contribution < 1.29 is 23.1 Å². The molecule has 10 heteroatoms. The molecule has 4 rings (SSSR count). The van der Waals surface area contributed by atoms with Gasteiger partial charge in [-0.15, -0.1) is 0 Å². The zero-order valence-electron chi connectivity index (χ0n) is 15.3. The van der Waals surface area contributed by atoms with Crippen LogP contribution in [-0.4, -0.2) is 38.5 Å². The monoisotopic (exact) mass is 437 g/mol. The first-order valence-corrected chi connectivity index (χ1v) is 9.16. The first-order valence-electron chi connectivity index (χ1n) is 9.16. The summed E-state index contributed by atoms with van der Waals surface area (Å²) in [6.07, 6.45) is -1.26. The highest BCUT2D eigenvalue weighted by Crippen LogP contribution is 2.40. The summed E-state index contributed by atoms with van der Waals surface area (Å²) >= 11 is 0. The van der Waals surface area contributed by atoms with E-state index in [1.807, 2.05) is 0 Å². The van der Waals surface area contributed by atoms with E-state index in [1.54, 1.807) is 0 Å². The summed E-state index contributed by atoms with van der Waals surface area (Å²) in [5, 5.41) is 16.6. The molecule has 1 aromatic carbocycles. The van der Waals surface area contributed by atoms with Gasteiger partial charge in [-0.25, -0.2) is 14.0 Å². The molecule has 2 N–H and O–H groups in total. The molecule has 168 valence electrons. The van der Waals surface area contributed by atoms with Gasteiger partial charge >= 0.3 is 6.03 Å². The number of amides is 2. The molecule has 1 aromatic heterocycles. The number of aromatic nitrogens is 2. The second kappa shape index (κ2) is 8.98. The fourth-order valence-electron chi connectivity index (χ4n) is 3.82. The van der Waals surface area contributed by atoms with Crippen LogP contribution in [0.15, 0.2) is 18.2 Å². The van der Waals surface area contributed by atoms with Crippen LogP contribution in [-0.2, 0) is 25.4 Å². The number of carbonyl (C=O) groups excluding carboxylic acids is 1. The van der Waals surface area contributed by atoms with Crippen LogP contribution >= 0.6 is 0 Å². The van der Waals surface area contributed by atoms with Gasteiger partial charge in [0.1, 0.15) is 11.5 Å². The molecule has 0 fully saturated rings. The van der Waals surface area contributed by atoms with Crippen molar-refractivity contribution in [3.63, 3.8) is 0 Å². The number of nitrogens with zero attached hydrogens (tertiary/aromatic N) is 4. The number of hydrogen-bond acceptors (Lipinski definition) is 3. The minimum absolute atomic E-state index is 0. The van der Waals surface area contributed by atoms with Crippen molar-refractivity contribution in [3.05, 3.63) is 52.4 Å². The van der Waals surface area contributed by atoms with Crippen LogP contribution in [0.2, 0.25) is 0 Å². The molecule has 2 aliphatic rings. The zero-order chi connectivity index (χ0) is 20.8. The van der Waals surface area contributed by atoms with Crippen molar-refractivity contribution in [2.45, 2.75) is 59.2 Å². The first-order chi connectivity index (χ1) is 13.8. The summed E-state index contributed by atoms with van der Waals surface area (Å²) in [6.45, 7) is 7.39. The molecule has 0 bridgehead atoms. The molecule has 3 heterocycles. The topological polar surface area (TPSA) is 74.8 Å². The number of benzene rings is 1. The van der Waals surface area contributed by atoms with Gasteiger partial charge in [-0.2, -0.15) is 13.9 Å². The SMILES string of the molecule is C.C.[C-]#[N+]c1cc(NC(=O)N2CCc3nn4c(c3C2)C(F)(F)C[C@@H](O)CC4)ccc1F. The lowest BCUT2D eigenvalue weighted by Gasteiger charge is -2.28. The van der Waals surface area contributed by atoms with E-state index in [9.17, 15) is 23.1 Å². The van der Waals surface area contributed by atoms with Crippen LogP contribution in [0.5, 0.6) is 0 Å². The third-order valence-electron chi connectivity index (χ3n) is 5.22. The summed E-state index contributed by atoms with van der Waals surface area (Å²) in [5.41, 5.74) is 0.640. The Bertz CT molecular complexity index is 1020. The average Bonchev–Trinajstić information content (AvgIpc) is 3.00. The molecule has 1 atom stereocenters. The lowest BCUT2D eigenvalue weighted by Crippen LogP contribution is -2.39. The Balaban J connectivity index is 0.00000171. The summed E-state index contributed by atoms with van der Waals surface area (Å²) in [6, 6.07) is 3.10. The molecule has 0 radical (unpaired) electrons. The molecular weight excluding hydrogens is 411 g/mol. The highest BCUT2D eigenvalue weighted by Gasteiger charge is 2.44. The van der Waals surface area contributed by atoms with Crippen LogP contribution in [0.3, 0.4) is 0 Å². The number of nitrogens with one attached hydrogen (secondary N) is 1. The number of halogens is 3. The van der Waals surface area contributed by atoms with Crippen molar-refractivity contribution in [1.82, 2.24) is 14.7 Å². The van der Waals surface area contributed by atoms with Crippen LogP contribution in [0, 0.1) is 12.4 Å². The van der Waals surface area contributed by atoms with E-state index in [0.717, 1.165) is 6.07 Å². The van der Waals surface area contributed by atoms with E-state index in [1.165, 1.54) is 21.7 Å². The minimum Gasteiger partial charge on any atom is -0.393 e. The maximum absolute atomic E-state index is 14.7. The lowest BCUT2D eigenvalue weighted by atomic mass is 9.99. The molecule has 0 saturated heterocycles. The Kier molecular flexibility index (Phi) is 7.01. The number of aliphatic hydroxyl groups is 1. The summed E-state index contributed by atoms with van der Waals surface area (Å²) < 4.78 is 44.1. The van der Waals surface area contributed by atoms with E-state index in [-0.39, 0.29) is 51.4 Å². The molecule has 0 aliphatic carbocycles. The standard InChI is InChI=1S/C19H18F3N5O2.2CH4/c1-23-16-8-11(2-3-14(16)20)24-18(29)26-6-5-15-13(10-26)17-19(21,22)9-12(28)4-7-27(17)25-15;;/h2-3,8,12,28H,4-7,9-10H2,(H,24,29);2*1H4/t12-;;/m0../s1. The summed E-state index contributed by atoms with van der Waals surface area (Å²) in [7, 11) is 0. The highest BCUT2D eigenvalue weighted by molar-refractivity contribution is 5.90. The van der Waals surface area contributed by atoms with Gasteiger partial charge in [-0.05, 0) is 24.6 Å². The van der Waals surface area contributed by atoms with Gasteiger partial charge in [0, 0.05) is 37.2 Å².